The summed E-state index contributed by atoms with van der Waals surface area (Å²) in [6, 6.07) is 2.82. The fourth-order valence-electron chi connectivity index (χ4n) is 1.91. The van der Waals surface area contributed by atoms with Crippen LogP contribution >= 0.6 is 11.6 Å². The molecule has 0 aliphatic rings. The molecule has 0 bridgehead atoms. The minimum atomic E-state index is -0.747. The van der Waals surface area contributed by atoms with Crippen molar-refractivity contribution in [2.24, 2.45) is 0 Å². The highest BCUT2D eigenvalue weighted by Gasteiger charge is 2.24. The fourth-order valence-corrected chi connectivity index (χ4v) is 2.11. The Kier molecular flexibility index (Phi) is 4.46. The number of aliphatic hydroxyl groups excluding tert-OH is 1. The summed E-state index contributed by atoms with van der Waals surface area (Å²) in [5, 5.41) is 21.1. The van der Waals surface area contributed by atoms with Gasteiger partial charge in [0.15, 0.2) is 0 Å². The maximum absolute atomic E-state index is 9.93. The quantitative estimate of drug-likeness (QED) is 0.846. The third kappa shape index (κ3) is 3.15. The Hall–Kier alpha value is -2.10. The van der Waals surface area contributed by atoms with Crippen molar-refractivity contribution >= 4 is 23.0 Å². The summed E-state index contributed by atoms with van der Waals surface area (Å²) in [5.74, 6) is 0.725. The average molecular weight is 307 g/mol. The van der Waals surface area contributed by atoms with E-state index in [1.54, 1.807) is 32.9 Å². The van der Waals surface area contributed by atoms with Crippen molar-refractivity contribution in [2.75, 3.05) is 5.32 Å². The lowest BCUT2D eigenvalue weighted by Crippen LogP contribution is -2.23. The van der Waals surface area contributed by atoms with Crippen LogP contribution in [-0.2, 0) is 0 Å². The monoisotopic (exact) mass is 306 g/mol. The lowest BCUT2D eigenvalue weighted by molar-refractivity contribution is 0.159. The normalized spacial score (nSPS) is 13.5. The number of aromatic nitrogens is 2. The molecule has 6 nitrogen and oxygen atoms in total. The van der Waals surface area contributed by atoms with Gasteiger partial charge in [-0.2, -0.15) is 0 Å². The highest BCUT2D eigenvalue weighted by Crippen LogP contribution is 2.35. The first kappa shape index (κ1) is 15.3. The molecule has 2 atom stereocenters. The highest BCUT2D eigenvalue weighted by atomic mass is 35.5. The summed E-state index contributed by atoms with van der Waals surface area (Å²) in [5.41, 5.74) is 1.82. The molecule has 1 aromatic heterocycles. The lowest BCUT2D eigenvalue weighted by atomic mass is 10.1. The van der Waals surface area contributed by atoms with Crippen molar-refractivity contribution in [2.45, 2.75) is 32.9 Å². The van der Waals surface area contributed by atoms with E-state index in [-0.39, 0.29) is 0 Å². The Morgan fingerprint density at radius 1 is 1.38 bits per heavy atom. The second kappa shape index (κ2) is 6.12. The van der Waals surface area contributed by atoms with Crippen molar-refractivity contribution in [1.29, 1.82) is 0 Å². The highest BCUT2D eigenvalue weighted by molar-refractivity contribution is 6.34. The third-order valence-corrected chi connectivity index (χ3v) is 3.56. The minimum Gasteiger partial charge on any atom is -0.423 e. The predicted octanol–water partition coefficient (Wildman–Crippen LogP) is 3.42. The Labute approximate surface area is 127 Å². The molecule has 0 unspecified atom stereocenters. The molecule has 2 N–H and O–H groups in total. The zero-order chi connectivity index (χ0) is 15.6. The number of hydrogen-bond acceptors (Lipinski definition) is 5. The van der Waals surface area contributed by atoms with Gasteiger partial charge in [0.25, 0.3) is 0 Å². The van der Waals surface area contributed by atoms with Gasteiger partial charge in [0, 0.05) is 12.6 Å². The second-order valence-corrected chi connectivity index (χ2v) is 5.08. The standard InChI is InChI=1S/C14H15ClN4O2/c1-7-10(5-6-11(16-4)12(7)15)17-13(8(2)20)14-19-18-9(3)21-14/h5-6,8,13,17,20H,1-3H3/t8-,13+/m0/s1. The molecule has 2 aromatic rings. The van der Waals surface area contributed by atoms with E-state index < -0.39 is 12.1 Å². The minimum absolute atomic E-state index is 0.298. The number of aliphatic hydroxyl groups is 1. The summed E-state index contributed by atoms with van der Waals surface area (Å²) in [6.45, 7) is 12.2. The van der Waals surface area contributed by atoms with E-state index in [0.29, 0.717) is 28.2 Å². The van der Waals surface area contributed by atoms with E-state index >= 15 is 0 Å². The maximum atomic E-state index is 9.93. The Morgan fingerprint density at radius 2 is 2.10 bits per heavy atom. The van der Waals surface area contributed by atoms with E-state index in [0.717, 1.165) is 5.56 Å². The van der Waals surface area contributed by atoms with Gasteiger partial charge in [-0.25, -0.2) is 4.85 Å². The molecule has 21 heavy (non-hydrogen) atoms. The maximum Gasteiger partial charge on any atom is 0.241 e. The van der Waals surface area contributed by atoms with Gasteiger partial charge < -0.3 is 14.8 Å². The largest absolute Gasteiger partial charge is 0.423 e. The molecule has 1 heterocycles. The first-order valence-corrected chi connectivity index (χ1v) is 6.73. The Morgan fingerprint density at radius 3 is 2.62 bits per heavy atom. The number of halogens is 1. The van der Waals surface area contributed by atoms with Crippen LogP contribution in [0, 0.1) is 20.4 Å². The molecule has 7 heteroatoms. The fraction of sp³-hybridized carbons (Fsp3) is 0.357. The second-order valence-electron chi connectivity index (χ2n) is 4.70. The van der Waals surface area contributed by atoms with Crippen molar-refractivity contribution in [1.82, 2.24) is 10.2 Å². The van der Waals surface area contributed by atoms with Crippen LogP contribution in [0.2, 0.25) is 5.02 Å². The first-order chi connectivity index (χ1) is 9.93. The van der Waals surface area contributed by atoms with Crippen LogP contribution in [-0.4, -0.2) is 21.4 Å². The van der Waals surface area contributed by atoms with Gasteiger partial charge in [-0.05, 0) is 25.5 Å². The molecule has 0 amide bonds. The number of anilines is 1. The van der Waals surface area contributed by atoms with Gasteiger partial charge in [0.05, 0.1) is 17.7 Å². The van der Waals surface area contributed by atoms with Crippen molar-refractivity contribution in [3.8, 4) is 0 Å². The molecule has 2 rings (SSSR count). The number of nitrogens with one attached hydrogen (secondary N) is 1. The number of hydrogen-bond donors (Lipinski definition) is 2. The smallest absolute Gasteiger partial charge is 0.241 e. The van der Waals surface area contributed by atoms with Crippen molar-refractivity contribution in [3.05, 3.63) is 45.9 Å². The van der Waals surface area contributed by atoms with Gasteiger partial charge in [-0.1, -0.05) is 17.7 Å². The van der Waals surface area contributed by atoms with Gasteiger partial charge in [0.1, 0.15) is 6.04 Å². The van der Waals surface area contributed by atoms with E-state index in [1.807, 2.05) is 0 Å². The summed E-state index contributed by atoms with van der Waals surface area (Å²) in [6.07, 6.45) is -0.747. The number of rotatable bonds is 4. The summed E-state index contributed by atoms with van der Waals surface area (Å²) in [4.78, 5) is 3.35. The lowest BCUT2D eigenvalue weighted by Gasteiger charge is -2.21. The molecular weight excluding hydrogens is 292 g/mol. The van der Waals surface area contributed by atoms with Gasteiger partial charge in [-0.15, -0.1) is 10.2 Å². The summed E-state index contributed by atoms with van der Waals surface area (Å²) in [7, 11) is 0. The van der Waals surface area contributed by atoms with Gasteiger partial charge in [0.2, 0.25) is 17.5 Å². The SMILES string of the molecule is [C-]#[N+]c1ccc(N[C@@H](c2nnc(C)o2)[C@H](C)O)c(C)c1Cl. The van der Waals surface area contributed by atoms with Crippen LogP contribution in [0.15, 0.2) is 16.5 Å². The summed E-state index contributed by atoms with van der Waals surface area (Å²) < 4.78 is 5.37. The number of aryl methyl sites for hydroxylation is 1. The molecule has 0 saturated heterocycles. The molecule has 1 aromatic carbocycles. The zero-order valence-electron chi connectivity index (χ0n) is 11.9. The molecule has 0 fully saturated rings. The average Bonchev–Trinajstić information content (AvgIpc) is 2.86. The van der Waals surface area contributed by atoms with E-state index in [4.69, 9.17) is 22.6 Å². The Balaban J connectivity index is 2.35. The van der Waals surface area contributed by atoms with E-state index in [1.165, 1.54) is 0 Å². The van der Waals surface area contributed by atoms with Gasteiger partial charge >= 0.3 is 0 Å². The van der Waals surface area contributed by atoms with Crippen LogP contribution in [0.4, 0.5) is 11.4 Å². The zero-order valence-corrected chi connectivity index (χ0v) is 12.6. The van der Waals surface area contributed by atoms with Gasteiger partial charge in [-0.3, -0.25) is 0 Å². The molecular formula is C14H15ClN4O2. The number of benzene rings is 1. The molecule has 0 aliphatic carbocycles. The molecule has 0 spiro atoms. The number of nitrogens with zero attached hydrogens (tertiary/aromatic N) is 3. The van der Waals surface area contributed by atoms with Crippen molar-refractivity contribution < 1.29 is 9.52 Å². The third-order valence-electron chi connectivity index (χ3n) is 3.09. The molecule has 0 radical (unpaired) electrons. The molecule has 110 valence electrons. The molecule has 0 saturated carbocycles. The Bertz CT molecular complexity index is 691. The van der Waals surface area contributed by atoms with E-state index in [2.05, 4.69) is 20.4 Å². The molecule has 0 aliphatic heterocycles. The van der Waals surface area contributed by atoms with E-state index in [9.17, 15) is 5.11 Å². The summed E-state index contributed by atoms with van der Waals surface area (Å²) >= 11 is 6.14. The van der Waals surface area contributed by atoms with Crippen LogP contribution in [0.3, 0.4) is 0 Å². The topological polar surface area (TPSA) is 75.5 Å². The first-order valence-electron chi connectivity index (χ1n) is 6.35. The van der Waals surface area contributed by atoms with Crippen LogP contribution < -0.4 is 5.32 Å². The van der Waals surface area contributed by atoms with Crippen molar-refractivity contribution in [3.63, 3.8) is 0 Å². The van der Waals surface area contributed by atoms with Crippen LogP contribution in [0.25, 0.3) is 4.85 Å². The predicted molar refractivity (Wildman–Crippen MR) is 79.5 cm³/mol. The van der Waals surface area contributed by atoms with Crippen LogP contribution in [0.5, 0.6) is 0 Å². The van der Waals surface area contributed by atoms with Crippen LogP contribution in [0.1, 0.15) is 30.3 Å².